The third-order valence-electron chi connectivity index (χ3n) is 2.96. The molecule has 0 spiro atoms. The van der Waals surface area contributed by atoms with Gasteiger partial charge in [-0.15, -0.1) is 0 Å². The molecule has 2 aromatic rings. The molecule has 0 amide bonds. The minimum Gasteiger partial charge on any atom is -0.330 e. The van der Waals surface area contributed by atoms with Crippen molar-refractivity contribution < 1.29 is 0 Å². The Labute approximate surface area is 103 Å². The molecule has 2 rings (SSSR count). The number of fused-ring (bicyclic) bond motifs is 1. The highest BCUT2D eigenvalue weighted by molar-refractivity contribution is 5.82. The normalized spacial score (nSPS) is 10.9. The van der Waals surface area contributed by atoms with Crippen LogP contribution in [0.15, 0.2) is 42.5 Å². The van der Waals surface area contributed by atoms with Gasteiger partial charge in [0.1, 0.15) is 0 Å². The number of hydrogen-bond donors (Lipinski definition) is 2. The Bertz CT molecular complexity index is 465. The SMILES string of the molecule is NCCCNCCc1ccc2ccccc2c1. The molecule has 0 aliphatic heterocycles. The van der Waals surface area contributed by atoms with Crippen LogP contribution >= 0.6 is 0 Å². The van der Waals surface area contributed by atoms with Gasteiger partial charge in [0.05, 0.1) is 0 Å². The molecule has 0 unspecified atom stereocenters. The monoisotopic (exact) mass is 228 g/mol. The van der Waals surface area contributed by atoms with Crippen LogP contribution < -0.4 is 11.1 Å². The smallest absolute Gasteiger partial charge is 0.000834 e. The fourth-order valence-electron chi connectivity index (χ4n) is 1.98. The summed E-state index contributed by atoms with van der Waals surface area (Å²) in [4.78, 5) is 0. The Morgan fingerprint density at radius 2 is 1.76 bits per heavy atom. The standard InChI is InChI=1S/C15H20N2/c16-9-3-10-17-11-8-13-6-7-14-4-1-2-5-15(14)12-13/h1-2,4-7,12,17H,3,8-11,16H2. The quantitative estimate of drug-likeness (QED) is 0.745. The van der Waals surface area contributed by atoms with Crippen molar-refractivity contribution in [3.8, 4) is 0 Å². The number of nitrogens with two attached hydrogens (primary N) is 1. The topological polar surface area (TPSA) is 38.0 Å². The number of benzene rings is 2. The van der Waals surface area contributed by atoms with E-state index in [1.165, 1.54) is 16.3 Å². The summed E-state index contributed by atoms with van der Waals surface area (Å²) in [5, 5.41) is 6.04. The van der Waals surface area contributed by atoms with Crippen LogP contribution in [-0.2, 0) is 6.42 Å². The van der Waals surface area contributed by atoms with Crippen LogP contribution in [0.3, 0.4) is 0 Å². The molecular formula is C15H20N2. The summed E-state index contributed by atoms with van der Waals surface area (Å²) in [6.45, 7) is 2.81. The Morgan fingerprint density at radius 3 is 2.59 bits per heavy atom. The molecule has 0 saturated carbocycles. The van der Waals surface area contributed by atoms with Crippen LogP contribution in [-0.4, -0.2) is 19.6 Å². The van der Waals surface area contributed by atoms with Crippen LogP contribution in [0.5, 0.6) is 0 Å². The first-order chi connectivity index (χ1) is 8.40. The largest absolute Gasteiger partial charge is 0.330 e. The van der Waals surface area contributed by atoms with Crippen molar-refractivity contribution in [2.45, 2.75) is 12.8 Å². The summed E-state index contributed by atoms with van der Waals surface area (Å²) in [5.74, 6) is 0. The molecule has 90 valence electrons. The van der Waals surface area contributed by atoms with Gasteiger partial charge in [0, 0.05) is 0 Å². The van der Waals surface area contributed by atoms with E-state index in [1.54, 1.807) is 0 Å². The van der Waals surface area contributed by atoms with E-state index < -0.39 is 0 Å². The predicted molar refractivity (Wildman–Crippen MR) is 74.2 cm³/mol. The van der Waals surface area contributed by atoms with Crippen molar-refractivity contribution in [3.63, 3.8) is 0 Å². The van der Waals surface area contributed by atoms with Gasteiger partial charge in [-0.2, -0.15) is 0 Å². The first kappa shape index (κ1) is 12.1. The molecule has 0 aliphatic rings. The molecule has 0 heterocycles. The van der Waals surface area contributed by atoms with Gasteiger partial charge in [0.15, 0.2) is 0 Å². The Balaban J connectivity index is 1.90. The molecule has 0 atom stereocenters. The second-order valence-corrected chi connectivity index (χ2v) is 4.32. The van der Waals surface area contributed by atoms with Crippen molar-refractivity contribution >= 4 is 10.8 Å². The average molecular weight is 228 g/mol. The van der Waals surface area contributed by atoms with E-state index in [4.69, 9.17) is 5.73 Å². The van der Waals surface area contributed by atoms with Crippen molar-refractivity contribution in [3.05, 3.63) is 48.0 Å². The molecular weight excluding hydrogens is 208 g/mol. The fourth-order valence-corrected chi connectivity index (χ4v) is 1.98. The van der Waals surface area contributed by atoms with E-state index >= 15 is 0 Å². The second kappa shape index (κ2) is 6.38. The highest BCUT2D eigenvalue weighted by Gasteiger charge is 1.96. The maximum absolute atomic E-state index is 5.44. The molecule has 2 aromatic carbocycles. The molecule has 17 heavy (non-hydrogen) atoms. The molecule has 0 saturated heterocycles. The third kappa shape index (κ3) is 3.55. The van der Waals surface area contributed by atoms with E-state index in [9.17, 15) is 0 Å². The summed E-state index contributed by atoms with van der Waals surface area (Å²) >= 11 is 0. The van der Waals surface area contributed by atoms with E-state index in [0.29, 0.717) is 0 Å². The average Bonchev–Trinajstić information content (AvgIpc) is 2.38. The van der Waals surface area contributed by atoms with Gasteiger partial charge >= 0.3 is 0 Å². The van der Waals surface area contributed by atoms with E-state index in [0.717, 1.165) is 32.5 Å². The van der Waals surface area contributed by atoms with Crippen LogP contribution in [0.1, 0.15) is 12.0 Å². The maximum atomic E-state index is 5.44. The summed E-state index contributed by atoms with van der Waals surface area (Å²) < 4.78 is 0. The predicted octanol–water partition coefficient (Wildman–Crippen LogP) is 2.32. The van der Waals surface area contributed by atoms with E-state index in [1.807, 2.05) is 0 Å². The lowest BCUT2D eigenvalue weighted by Gasteiger charge is -2.05. The number of nitrogens with one attached hydrogen (secondary N) is 1. The van der Waals surface area contributed by atoms with Crippen LogP contribution in [0, 0.1) is 0 Å². The molecule has 0 bridgehead atoms. The second-order valence-electron chi connectivity index (χ2n) is 4.32. The van der Waals surface area contributed by atoms with Gasteiger partial charge in [-0.25, -0.2) is 0 Å². The van der Waals surface area contributed by atoms with Crippen molar-refractivity contribution in [1.29, 1.82) is 0 Å². The first-order valence-electron chi connectivity index (χ1n) is 6.28. The number of rotatable bonds is 6. The van der Waals surface area contributed by atoms with Gasteiger partial charge in [-0.05, 0) is 48.8 Å². The summed E-state index contributed by atoms with van der Waals surface area (Å²) in [6, 6.07) is 15.2. The van der Waals surface area contributed by atoms with Crippen LogP contribution in [0.25, 0.3) is 10.8 Å². The molecule has 0 radical (unpaired) electrons. The minimum absolute atomic E-state index is 0.767. The summed E-state index contributed by atoms with van der Waals surface area (Å²) in [7, 11) is 0. The molecule has 0 aromatic heterocycles. The van der Waals surface area contributed by atoms with Gasteiger partial charge < -0.3 is 11.1 Å². The summed E-state index contributed by atoms with van der Waals surface area (Å²) in [6.07, 6.45) is 2.13. The van der Waals surface area contributed by atoms with Crippen molar-refractivity contribution in [1.82, 2.24) is 5.32 Å². The zero-order chi connectivity index (χ0) is 11.9. The third-order valence-corrected chi connectivity index (χ3v) is 2.96. The van der Waals surface area contributed by atoms with Crippen molar-refractivity contribution in [2.75, 3.05) is 19.6 Å². The lowest BCUT2D eigenvalue weighted by atomic mass is 10.1. The lowest BCUT2D eigenvalue weighted by molar-refractivity contribution is 0.653. The fraction of sp³-hybridized carbons (Fsp3) is 0.333. The molecule has 2 nitrogen and oxygen atoms in total. The van der Waals surface area contributed by atoms with Gasteiger partial charge in [-0.1, -0.05) is 42.5 Å². The molecule has 2 heteroatoms. The van der Waals surface area contributed by atoms with Crippen molar-refractivity contribution in [2.24, 2.45) is 5.73 Å². The highest BCUT2D eigenvalue weighted by atomic mass is 14.8. The number of hydrogen-bond acceptors (Lipinski definition) is 2. The Morgan fingerprint density at radius 1 is 0.941 bits per heavy atom. The van der Waals surface area contributed by atoms with Crippen LogP contribution in [0.2, 0.25) is 0 Å². The van der Waals surface area contributed by atoms with Gasteiger partial charge in [0.25, 0.3) is 0 Å². The zero-order valence-electron chi connectivity index (χ0n) is 10.2. The Kier molecular flexibility index (Phi) is 4.54. The maximum Gasteiger partial charge on any atom is -0.000834 e. The lowest BCUT2D eigenvalue weighted by Crippen LogP contribution is -2.20. The zero-order valence-corrected chi connectivity index (χ0v) is 10.2. The van der Waals surface area contributed by atoms with Crippen LogP contribution in [0.4, 0.5) is 0 Å². The Hall–Kier alpha value is -1.38. The molecule has 0 aliphatic carbocycles. The van der Waals surface area contributed by atoms with Gasteiger partial charge in [0.2, 0.25) is 0 Å². The summed E-state index contributed by atoms with van der Waals surface area (Å²) in [5.41, 5.74) is 6.84. The minimum atomic E-state index is 0.767. The molecule has 3 N–H and O–H groups in total. The highest BCUT2D eigenvalue weighted by Crippen LogP contribution is 2.15. The van der Waals surface area contributed by atoms with E-state index in [2.05, 4.69) is 47.8 Å². The van der Waals surface area contributed by atoms with E-state index in [-0.39, 0.29) is 0 Å². The molecule has 0 fully saturated rings. The first-order valence-corrected chi connectivity index (χ1v) is 6.28. The van der Waals surface area contributed by atoms with Gasteiger partial charge in [-0.3, -0.25) is 0 Å².